The molecular formula is C23H25N3O5S. The van der Waals surface area contributed by atoms with Gasteiger partial charge >= 0.3 is 0 Å². The maximum absolute atomic E-state index is 12.7. The second kappa shape index (κ2) is 9.95. The van der Waals surface area contributed by atoms with Crippen molar-refractivity contribution in [3.05, 3.63) is 59.0 Å². The molecule has 2 heterocycles. The van der Waals surface area contributed by atoms with E-state index in [1.165, 1.54) is 17.3 Å². The fraction of sp³-hybridized carbons (Fsp3) is 0.348. The second-order valence-corrected chi connectivity index (χ2v) is 8.32. The highest BCUT2D eigenvalue weighted by atomic mass is 32.2. The molecule has 0 fully saturated rings. The molecule has 8 nitrogen and oxygen atoms in total. The number of hydrogen-bond acceptors (Lipinski definition) is 8. The fourth-order valence-corrected chi connectivity index (χ4v) is 4.13. The van der Waals surface area contributed by atoms with Gasteiger partial charge in [-0.05, 0) is 48.7 Å². The van der Waals surface area contributed by atoms with Gasteiger partial charge in [-0.15, -0.1) is 10.2 Å². The lowest BCUT2D eigenvalue weighted by molar-refractivity contribution is -0.129. The van der Waals surface area contributed by atoms with E-state index in [1.807, 2.05) is 48.2 Å². The maximum atomic E-state index is 12.7. The van der Waals surface area contributed by atoms with Gasteiger partial charge in [-0.25, -0.2) is 0 Å². The fourth-order valence-electron chi connectivity index (χ4n) is 3.45. The van der Waals surface area contributed by atoms with Gasteiger partial charge < -0.3 is 23.5 Å². The van der Waals surface area contributed by atoms with Crippen LogP contribution in [0.2, 0.25) is 0 Å². The van der Waals surface area contributed by atoms with Gasteiger partial charge in [-0.2, -0.15) is 0 Å². The topological polar surface area (TPSA) is 86.9 Å². The van der Waals surface area contributed by atoms with E-state index in [-0.39, 0.29) is 18.3 Å². The van der Waals surface area contributed by atoms with E-state index < -0.39 is 0 Å². The molecule has 1 aliphatic heterocycles. The van der Waals surface area contributed by atoms with Gasteiger partial charge in [0.1, 0.15) is 5.75 Å². The number of carbonyl (C=O) groups is 1. The highest BCUT2D eigenvalue weighted by Gasteiger charge is 2.23. The van der Waals surface area contributed by atoms with Crippen molar-refractivity contribution < 1.29 is 23.4 Å². The highest BCUT2D eigenvalue weighted by Crippen LogP contribution is 2.33. The molecule has 0 aliphatic carbocycles. The molecule has 1 aliphatic rings. The molecule has 0 atom stereocenters. The lowest BCUT2D eigenvalue weighted by atomic mass is 9.99. The molecule has 0 saturated carbocycles. The minimum absolute atomic E-state index is 0.0195. The van der Waals surface area contributed by atoms with Crippen LogP contribution in [0.25, 0.3) is 0 Å². The normalized spacial score (nSPS) is 12.9. The Bertz CT molecular complexity index is 1080. The van der Waals surface area contributed by atoms with Crippen molar-refractivity contribution in [1.82, 2.24) is 15.1 Å². The molecule has 32 heavy (non-hydrogen) atoms. The number of aromatic nitrogens is 2. The molecule has 0 N–H and O–H groups in total. The third-order valence-corrected chi connectivity index (χ3v) is 6.02. The predicted octanol–water partition coefficient (Wildman–Crippen LogP) is 3.65. The average Bonchev–Trinajstić information content (AvgIpc) is 3.28. The smallest absolute Gasteiger partial charge is 0.277 e. The van der Waals surface area contributed by atoms with Crippen LogP contribution in [0.1, 0.15) is 22.6 Å². The molecular weight excluding hydrogens is 430 g/mol. The number of aryl methyl sites for hydroxylation is 1. The predicted molar refractivity (Wildman–Crippen MR) is 119 cm³/mol. The standard InChI is InChI=1S/C23H25N3O5S/c1-15-4-6-18(7-5-15)30-13-21-24-25-23(31-21)32-14-22(27)26-9-8-16-10-19(28-2)20(29-3)11-17(16)12-26/h4-7,10-11H,8-9,12-14H2,1-3H3. The van der Waals surface area contributed by atoms with Crippen LogP contribution in [0, 0.1) is 6.92 Å². The van der Waals surface area contributed by atoms with E-state index in [1.54, 1.807) is 14.2 Å². The van der Waals surface area contributed by atoms with Gasteiger partial charge in [0, 0.05) is 13.1 Å². The van der Waals surface area contributed by atoms with E-state index in [0.29, 0.717) is 35.7 Å². The summed E-state index contributed by atoms with van der Waals surface area (Å²) in [5.41, 5.74) is 3.41. The molecule has 0 spiro atoms. The van der Waals surface area contributed by atoms with Crippen molar-refractivity contribution in [2.24, 2.45) is 0 Å². The molecule has 0 bridgehead atoms. The zero-order chi connectivity index (χ0) is 22.5. The number of methoxy groups -OCH3 is 2. The van der Waals surface area contributed by atoms with Crippen molar-refractivity contribution in [3.63, 3.8) is 0 Å². The summed E-state index contributed by atoms with van der Waals surface area (Å²) in [6, 6.07) is 11.7. The lowest BCUT2D eigenvalue weighted by Gasteiger charge is -2.29. The molecule has 1 aromatic heterocycles. The van der Waals surface area contributed by atoms with E-state index >= 15 is 0 Å². The average molecular weight is 456 g/mol. The van der Waals surface area contributed by atoms with Gasteiger partial charge in [0.05, 0.1) is 20.0 Å². The van der Waals surface area contributed by atoms with Crippen molar-refractivity contribution in [2.45, 2.75) is 31.7 Å². The molecule has 0 unspecified atom stereocenters. The number of fused-ring (bicyclic) bond motifs is 1. The minimum atomic E-state index is 0.0195. The van der Waals surface area contributed by atoms with E-state index in [4.69, 9.17) is 18.6 Å². The van der Waals surface area contributed by atoms with Crippen molar-refractivity contribution in [2.75, 3.05) is 26.5 Å². The first-order valence-corrected chi connectivity index (χ1v) is 11.2. The minimum Gasteiger partial charge on any atom is -0.493 e. The quantitative estimate of drug-likeness (QED) is 0.476. The number of rotatable bonds is 8. The number of benzene rings is 2. The Morgan fingerprint density at radius 2 is 1.81 bits per heavy atom. The first kappa shape index (κ1) is 22.0. The Morgan fingerprint density at radius 3 is 2.53 bits per heavy atom. The van der Waals surface area contributed by atoms with Crippen LogP contribution in [0.15, 0.2) is 46.0 Å². The van der Waals surface area contributed by atoms with Crippen molar-refractivity contribution in [3.8, 4) is 17.2 Å². The Kier molecular flexibility index (Phi) is 6.84. The monoisotopic (exact) mass is 455 g/mol. The summed E-state index contributed by atoms with van der Waals surface area (Å²) in [6.45, 7) is 3.39. The molecule has 0 radical (unpaired) electrons. The molecule has 3 aromatic rings. The zero-order valence-corrected chi connectivity index (χ0v) is 19.1. The lowest BCUT2D eigenvalue weighted by Crippen LogP contribution is -2.37. The molecule has 1 amide bonds. The van der Waals surface area contributed by atoms with Crippen molar-refractivity contribution in [1.29, 1.82) is 0 Å². The van der Waals surface area contributed by atoms with Gasteiger partial charge in [0.2, 0.25) is 5.91 Å². The largest absolute Gasteiger partial charge is 0.493 e. The molecule has 4 rings (SSSR count). The molecule has 0 saturated heterocycles. The van der Waals surface area contributed by atoms with Crippen LogP contribution in [0.5, 0.6) is 17.2 Å². The number of nitrogens with zero attached hydrogens (tertiary/aromatic N) is 3. The van der Waals surface area contributed by atoms with Crippen LogP contribution in [0.4, 0.5) is 0 Å². The summed E-state index contributed by atoms with van der Waals surface area (Å²) in [4.78, 5) is 14.6. The van der Waals surface area contributed by atoms with Gasteiger partial charge in [-0.1, -0.05) is 29.5 Å². The number of ether oxygens (including phenoxy) is 3. The molecule has 2 aromatic carbocycles. The van der Waals surface area contributed by atoms with Crippen LogP contribution < -0.4 is 14.2 Å². The Labute approximate surface area is 190 Å². The molecule has 168 valence electrons. The summed E-state index contributed by atoms with van der Waals surface area (Å²) < 4.78 is 22.0. The Morgan fingerprint density at radius 1 is 1.09 bits per heavy atom. The van der Waals surface area contributed by atoms with E-state index in [0.717, 1.165) is 23.3 Å². The molecule has 9 heteroatoms. The number of thioether (sulfide) groups is 1. The number of amides is 1. The summed E-state index contributed by atoms with van der Waals surface area (Å²) in [6.07, 6.45) is 0.771. The Balaban J connectivity index is 1.29. The summed E-state index contributed by atoms with van der Waals surface area (Å²) in [5, 5.41) is 8.35. The second-order valence-electron chi connectivity index (χ2n) is 7.39. The zero-order valence-electron chi connectivity index (χ0n) is 18.3. The summed E-state index contributed by atoms with van der Waals surface area (Å²) in [5.74, 6) is 2.72. The number of hydrogen-bond donors (Lipinski definition) is 0. The van der Waals surface area contributed by atoms with E-state index in [2.05, 4.69) is 10.2 Å². The maximum Gasteiger partial charge on any atom is 0.277 e. The van der Waals surface area contributed by atoms with Crippen LogP contribution >= 0.6 is 11.8 Å². The summed E-state index contributed by atoms with van der Waals surface area (Å²) in [7, 11) is 3.23. The third-order valence-electron chi connectivity index (χ3n) is 5.22. The van der Waals surface area contributed by atoms with Crippen LogP contribution in [0.3, 0.4) is 0 Å². The first-order chi connectivity index (χ1) is 15.6. The summed E-state index contributed by atoms with van der Waals surface area (Å²) >= 11 is 1.23. The van der Waals surface area contributed by atoms with Gasteiger partial charge in [0.25, 0.3) is 11.1 Å². The van der Waals surface area contributed by atoms with Gasteiger partial charge in [-0.3, -0.25) is 4.79 Å². The highest BCUT2D eigenvalue weighted by molar-refractivity contribution is 7.99. The first-order valence-electron chi connectivity index (χ1n) is 10.2. The van der Waals surface area contributed by atoms with Crippen LogP contribution in [-0.2, 0) is 24.4 Å². The van der Waals surface area contributed by atoms with E-state index in [9.17, 15) is 4.79 Å². The number of carbonyl (C=O) groups excluding carboxylic acids is 1. The van der Waals surface area contributed by atoms with Crippen LogP contribution in [-0.4, -0.2) is 47.5 Å². The van der Waals surface area contributed by atoms with Gasteiger partial charge in [0.15, 0.2) is 18.1 Å². The third kappa shape index (κ3) is 5.16. The Hall–Kier alpha value is -3.20. The SMILES string of the molecule is COc1cc2c(cc1OC)CN(C(=O)CSc1nnc(COc3ccc(C)cc3)o1)CC2. The van der Waals surface area contributed by atoms with Crippen molar-refractivity contribution >= 4 is 17.7 Å².